The van der Waals surface area contributed by atoms with Crippen LogP contribution in [0.15, 0.2) is 23.7 Å². The second-order valence-corrected chi connectivity index (χ2v) is 6.87. The van der Waals surface area contributed by atoms with E-state index in [2.05, 4.69) is 9.97 Å². The standard InChI is InChI=1S/C15H14F3N3OS2/c16-15(17,18)11-8-24-13(20-11)9-3-2-6-21(7-9)14(22)10-4-1-5-19-12(10)23/h1,4-5,8-9H,2-3,6-7H2,(H,19,23). The number of nitrogens with one attached hydrogen (secondary N) is 1. The van der Waals surface area contributed by atoms with Crippen LogP contribution in [0.4, 0.5) is 13.2 Å². The van der Waals surface area contributed by atoms with E-state index in [0.29, 0.717) is 28.3 Å². The number of hydrogen-bond donors (Lipinski definition) is 1. The number of amides is 1. The van der Waals surface area contributed by atoms with Crippen LogP contribution in [0.25, 0.3) is 0 Å². The van der Waals surface area contributed by atoms with Gasteiger partial charge in [0.2, 0.25) is 0 Å². The Morgan fingerprint density at radius 3 is 2.92 bits per heavy atom. The van der Waals surface area contributed by atoms with Gasteiger partial charge in [-0.1, -0.05) is 12.2 Å². The second kappa shape index (κ2) is 6.64. The Morgan fingerprint density at radius 2 is 2.25 bits per heavy atom. The molecule has 128 valence electrons. The summed E-state index contributed by atoms with van der Waals surface area (Å²) in [7, 11) is 0. The normalized spacial score (nSPS) is 18.6. The van der Waals surface area contributed by atoms with Gasteiger partial charge in [0.05, 0.1) is 10.6 Å². The monoisotopic (exact) mass is 373 g/mol. The molecule has 1 saturated heterocycles. The Kier molecular flexibility index (Phi) is 4.73. The summed E-state index contributed by atoms with van der Waals surface area (Å²) < 4.78 is 38.5. The molecule has 2 aromatic rings. The molecule has 1 amide bonds. The Morgan fingerprint density at radius 1 is 1.46 bits per heavy atom. The van der Waals surface area contributed by atoms with Gasteiger partial charge in [-0.25, -0.2) is 4.98 Å². The number of carbonyl (C=O) groups excluding carboxylic acids is 1. The minimum Gasteiger partial charge on any atom is -0.352 e. The van der Waals surface area contributed by atoms with Crippen LogP contribution in [0.2, 0.25) is 0 Å². The number of nitrogens with zero attached hydrogens (tertiary/aromatic N) is 2. The average molecular weight is 373 g/mol. The third kappa shape index (κ3) is 3.51. The number of aromatic nitrogens is 2. The van der Waals surface area contributed by atoms with Crippen molar-refractivity contribution in [2.45, 2.75) is 24.9 Å². The maximum atomic E-state index is 12.7. The van der Waals surface area contributed by atoms with Crippen molar-refractivity contribution in [2.24, 2.45) is 0 Å². The lowest BCUT2D eigenvalue weighted by molar-refractivity contribution is -0.140. The zero-order valence-electron chi connectivity index (χ0n) is 12.5. The molecular weight excluding hydrogens is 359 g/mol. The van der Waals surface area contributed by atoms with Gasteiger partial charge in [-0.2, -0.15) is 13.2 Å². The minimum absolute atomic E-state index is 0.176. The Hall–Kier alpha value is -1.74. The zero-order chi connectivity index (χ0) is 17.3. The number of H-pyrrole nitrogens is 1. The van der Waals surface area contributed by atoms with Crippen LogP contribution in [0.3, 0.4) is 0 Å². The van der Waals surface area contributed by atoms with Crippen molar-refractivity contribution in [1.82, 2.24) is 14.9 Å². The fourth-order valence-corrected chi connectivity index (χ4v) is 3.91. The minimum atomic E-state index is -4.43. The molecule has 9 heteroatoms. The summed E-state index contributed by atoms with van der Waals surface area (Å²) in [6, 6.07) is 3.34. The first-order valence-corrected chi connectivity index (χ1v) is 8.64. The van der Waals surface area contributed by atoms with Gasteiger partial charge in [0.15, 0.2) is 5.69 Å². The average Bonchev–Trinajstić information content (AvgIpc) is 3.05. The van der Waals surface area contributed by atoms with Gasteiger partial charge < -0.3 is 9.88 Å². The first-order valence-electron chi connectivity index (χ1n) is 7.36. The number of alkyl halides is 3. The molecule has 0 aliphatic carbocycles. The topological polar surface area (TPSA) is 49.0 Å². The summed E-state index contributed by atoms with van der Waals surface area (Å²) >= 11 is 6.13. The molecule has 1 aliphatic heterocycles. The van der Waals surface area contributed by atoms with E-state index in [1.54, 1.807) is 23.2 Å². The van der Waals surface area contributed by atoms with Gasteiger partial charge in [-0.15, -0.1) is 11.3 Å². The molecule has 3 heterocycles. The summed E-state index contributed by atoms with van der Waals surface area (Å²) in [5.41, 5.74) is -0.459. The van der Waals surface area contributed by atoms with Crippen LogP contribution < -0.4 is 0 Å². The first-order chi connectivity index (χ1) is 11.4. The highest BCUT2D eigenvalue weighted by molar-refractivity contribution is 7.71. The quantitative estimate of drug-likeness (QED) is 0.801. The predicted octanol–water partition coefficient (Wildman–Crippen LogP) is 4.24. The number of carbonyl (C=O) groups is 1. The van der Waals surface area contributed by atoms with Gasteiger partial charge in [-0.05, 0) is 25.0 Å². The van der Waals surface area contributed by atoms with E-state index in [9.17, 15) is 18.0 Å². The molecule has 1 fully saturated rings. The molecule has 0 saturated carbocycles. The lowest BCUT2D eigenvalue weighted by Crippen LogP contribution is -2.39. The van der Waals surface area contributed by atoms with E-state index in [-0.39, 0.29) is 11.8 Å². The van der Waals surface area contributed by atoms with Crippen molar-refractivity contribution in [1.29, 1.82) is 0 Å². The Balaban J connectivity index is 1.77. The number of hydrogen-bond acceptors (Lipinski definition) is 4. The number of piperidine rings is 1. The molecule has 4 nitrogen and oxygen atoms in total. The third-order valence-corrected chi connectivity index (χ3v) is 5.26. The molecule has 1 N–H and O–H groups in total. The smallest absolute Gasteiger partial charge is 0.352 e. The van der Waals surface area contributed by atoms with E-state index in [4.69, 9.17) is 12.2 Å². The number of rotatable bonds is 2. The van der Waals surface area contributed by atoms with E-state index in [1.165, 1.54) is 0 Å². The summed E-state index contributed by atoms with van der Waals surface area (Å²) in [6.07, 6.45) is -1.35. The number of thiazole rings is 1. The number of aromatic amines is 1. The van der Waals surface area contributed by atoms with Crippen molar-refractivity contribution in [3.05, 3.63) is 44.6 Å². The third-order valence-electron chi connectivity index (χ3n) is 3.92. The molecule has 0 bridgehead atoms. The van der Waals surface area contributed by atoms with Gasteiger partial charge in [0.1, 0.15) is 4.64 Å². The Bertz CT molecular complexity index is 800. The number of halogens is 3. The van der Waals surface area contributed by atoms with E-state index < -0.39 is 11.9 Å². The van der Waals surface area contributed by atoms with Crippen LogP contribution in [-0.4, -0.2) is 33.9 Å². The molecule has 3 rings (SSSR count). The van der Waals surface area contributed by atoms with Crippen LogP contribution in [0.5, 0.6) is 0 Å². The van der Waals surface area contributed by atoms with Crippen LogP contribution >= 0.6 is 23.6 Å². The SMILES string of the molecule is O=C(c1ccc[nH]c1=S)N1CCCC(c2nc(C(F)(F)F)cs2)C1. The van der Waals surface area contributed by atoms with Crippen LogP contribution in [0.1, 0.15) is 39.8 Å². The first kappa shape index (κ1) is 17.1. The van der Waals surface area contributed by atoms with Crippen molar-refractivity contribution in [3.8, 4) is 0 Å². The lowest BCUT2D eigenvalue weighted by atomic mass is 9.98. The molecule has 0 aromatic carbocycles. The number of pyridine rings is 1. The van der Waals surface area contributed by atoms with Gasteiger partial charge >= 0.3 is 6.18 Å². The molecule has 1 aliphatic rings. The fraction of sp³-hybridized carbons (Fsp3) is 0.400. The largest absolute Gasteiger partial charge is 0.434 e. The van der Waals surface area contributed by atoms with Crippen molar-refractivity contribution >= 4 is 29.5 Å². The fourth-order valence-electron chi connectivity index (χ4n) is 2.73. The van der Waals surface area contributed by atoms with Crippen LogP contribution in [-0.2, 0) is 6.18 Å². The molecule has 2 aromatic heterocycles. The highest BCUT2D eigenvalue weighted by atomic mass is 32.1. The highest BCUT2D eigenvalue weighted by Gasteiger charge is 2.35. The molecule has 24 heavy (non-hydrogen) atoms. The summed E-state index contributed by atoms with van der Waals surface area (Å²) in [4.78, 5) is 20.8. The molecular formula is C15H14F3N3OS2. The summed E-state index contributed by atoms with van der Waals surface area (Å²) in [6.45, 7) is 0.920. The maximum absolute atomic E-state index is 12.7. The van der Waals surface area contributed by atoms with Crippen molar-refractivity contribution in [3.63, 3.8) is 0 Å². The van der Waals surface area contributed by atoms with Crippen molar-refractivity contribution < 1.29 is 18.0 Å². The van der Waals surface area contributed by atoms with Gasteiger partial charge in [0.25, 0.3) is 5.91 Å². The lowest BCUT2D eigenvalue weighted by Gasteiger charge is -2.31. The van der Waals surface area contributed by atoms with E-state index >= 15 is 0 Å². The summed E-state index contributed by atoms with van der Waals surface area (Å²) in [5, 5.41) is 1.46. The molecule has 1 unspecified atom stereocenters. The number of likely N-dealkylation sites (tertiary alicyclic amines) is 1. The zero-order valence-corrected chi connectivity index (χ0v) is 14.1. The maximum Gasteiger partial charge on any atom is 0.434 e. The van der Waals surface area contributed by atoms with E-state index in [0.717, 1.165) is 29.6 Å². The van der Waals surface area contributed by atoms with Crippen LogP contribution in [0, 0.1) is 4.64 Å². The Labute approximate surface area is 145 Å². The van der Waals surface area contributed by atoms with Gasteiger partial charge in [-0.3, -0.25) is 4.79 Å². The highest BCUT2D eigenvalue weighted by Crippen LogP contribution is 2.35. The van der Waals surface area contributed by atoms with E-state index in [1.807, 2.05) is 0 Å². The summed E-state index contributed by atoms with van der Waals surface area (Å²) in [5.74, 6) is -0.376. The van der Waals surface area contributed by atoms with Gasteiger partial charge in [0, 0.05) is 30.6 Å². The second-order valence-electron chi connectivity index (χ2n) is 5.57. The van der Waals surface area contributed by atoms with Crippen molar-refractivity contribution in [2.75, 3.05) is 13.1 Å². The molecule has 0 spiro atoms. The molecule has 0 radical (unpaired) electrons. The predicted molar refractivity (Wildman–Crippen MR) is 86.6 cm³/mol. The molecule has 1 atom stereocenters.